The molecule has 0 spiro atoms. The number of piperidine rings is 1. The van der Waals surface area contributed by atoms with Gasteiger partial charge in [-0.3, -0.25) is 5.10 Å². The van der Waals surface area contributed by atoms with Crippen LogP contribution in [0.3, 0.4) is 0 Å². The highest BCUT2D eigenvalue weighted by atomic mass is 35.5. The molecule has 1 aliphatic heterocycles. The van der Waals surface area contributed by atoms with Crippen LogP contribution in [0.4, 0.5) is 4.39 Å². The molecular formula is C22H23ClFN3O. The summed E-state index contributed by atoms with van der Waals surface area (Å²) in [4.78, 5) is 0. The van der Waals surface area contributed by atoms with Gasteiger partial charge in [0.15, 0.2) is 0 Å². The molecule has 0 amide bonds. The first-order valence-electron chi connectivity index (χ1n) is 9.16. The summed E-state index contributed by atoms with van der Waals surface area (Å²) in [7, 11) is 0. The average molecular weight is 400 g/mol. The van der Waals surface area contributed by atoms with Crippen molar-refractivity contribution < 1.29 is 9.13 Å². The van der Waals surface area contributed by atoms with E-state index in [0.29, 0.717) is 18.2 Å². The lowest BCUT2D eigenvalue weighted by Crippen LogP contribution is -2.43. The van der Waals surface area contributed by atoms with E-state index in [0.717, 1.165) is 48.0 Å². The van der Waals surface area contributed by atoms with Crippen molar-refractivity contribution in [3.05, 3.63) is 64.6 Å². The molecule has 0 atom stereocenters. The van der Waals surface area contributed by atoms with E-state index in [1.165, 1.54) is 12.1 Å². The molecule has 0 unspecified atom stereocenters. The van der Waals surface area contributed by atoms with Crippen molar-refractivity contribution in [1.82, 2.24) is 15.5 Å². The summed E-state index contributed by atoms with van der Waals surface area (Å²) in [5.41, 5.74) is 2.99. The third kappa shape index (κ3) is 4.36. The molecule has 4 rings (SSSR count). The van der Waals surface area contributed by atoms with Gasteiger partial charge in [-0.2, -0.15) is 5.10 Å². The van der Waals surface area contributed by atoms with Gasteiger partial charge in [0.1, 0.15) is 5.82 Å². The van der Waals surface area contributed by atoms with Crippen LogP contribution in [0.5, 0.6) is 0 Å². The monoisotopic (exact) mass is 399 g/mol. The number of nitrogens with one attached hydrogen (secondary N) is 2. The first-order valence-corrected chi connectivity index (χ1v) is 9.53. The standard InChI is InChI=1S/C20H21ClFN3O.C2H2/c21-17-9-14-11-24-25-19(14)15(10-17)12-26-13-20(5-7-23-8-6-20)16-1-3-18(22)4-2-16;1-2/h1-4,9-11,23H,5-8,12-13H2,(H,24,25);1-2H. The van der Waals surface area contributed by atoms with Gasteiger partial charge in [-0.05, 0) is 55.8 Å². The van der Waals surface area contributed by atoms with Crippen LogP contribution in [0.2, 0.25) is 5.02 Å². The Morgan fingerprint density at radius 3 is 2.57 bits per heavy atom. The Kier molecular flexibility index (Phi) is 6.69. The smallest absolute Gasteiger partial charge is 0.123 e. The van der Waals surface area contributed by atoms with Gasteiger partial charge in [-0.1, -0.05) is 23.7 Å². The van der Waals surface area contributed by atoms with Crippen LogP contribution in [-0.4, -0.2) is 29.9 Å². The Labute approximate surface area is 169 Å². The van der Waals surface area contributed by atoms with Crippen molar-refractivity contribution in [3.8, 4) is 12.8 Å². The fourth-order valence-electron chi connectivity index (χ4n) is 3.79. The number of hydrogen-bond acceptors (Lipinski definition) is 3. The predicted molar refractivity (Wildman–Crippen MR) is 111 cm³/mol. The van der Waals surface area contributed by atoms with E-state index in [1.807, 2.05) is 24.3 Å². The second-order valence-electron chi connectivity index (χ2n) is 6.93. The van der Waals surface area contributed by atoms with Crippen LogP contribution in [0, 0.1) is 18.7 Å². The quantitative estimate of drug-likeness (QED) is 0.623. The Morgan fingerprint density at radius 1 is 1.14 bits per heavy atom. The Hall–Kier alpha value is -2.39. The molecule has 2 heterocycles. The maximum atomic E-state index is 13.3. The van der Waals surface area contributed by atoms with Gasteiger partial charge in [0.25, 0.3) is 0 Å². The number of aromatic nitrogens is 2. The maximum Gasteiger partial charge on any atom is 0.123 e. The third-order valence-electron chi connectivity index (χ3n) is 5.25. The molecular weight excluding hydrogens is 377 g/mol. The van der Waals surface area contributed by atoms with E-state index in [-0.39, 0.29) is 11.2 Å². The topological polar surface area (TPSA) is 49.9 Å². The third-order valence-corrected chi connectivity index (χ3v) is 5.47. The van der Waals surface area contributed by atoms with Gasteiger partial charge in [0.2, 0.25) is 0 Å². The summed E-state index contributed by atoms with van der Waals surface area (Å²) >= 11 is 6.21. The number of H-pyrrole nitrogens is 1. The second-order valence-corrected chi connectivity index (χ2v) is 7.37. The number of halogens is 2. The molecule has 4 nitrogen and oxygen atoms in total. The summed E-state index contributed by atoms with van der Waals surface area (Å²) in [6, 6.07) is 10.6. The van der Waals surface area contributed by atoms with Gasteiger partial charge < -0.3 is 10.1 Å². The lowest BCUT2D eigenvalue weighted by Gasteiger charge is -2.38. The van der Waals surface area contributed by atoms with E-state index in [9.17, 15) is 4.39 Å². The van der Waals surface area contributed by atoms with Crippen LogP contribution >= 0.6 is 11.6 Å². The molecule has 0 bridgehead atoms. The summed E-state index contributed by atoms with van der Waals surface area (Å²) in [6.45, 7) is 2.91. The second kappa shape index (κ2) is 9.20. The number of rotatable bonds is 5. The number of nitrogens with zero attached hydrogens (tertiary/aromatic N) is 1. The van der Waals surface area contributed by atoms with Gasteiger partial charge in [-0.25, -0.2) is 4.39 Å². The first kappa shape index (κ1) is 20.3. The summed E-state index contributed by atoms with van der Waals surface area (Å²) in [5, 5.41) is 12.1. The summed E-state index contributed by atoms with van der Waals surface area (Å²) < 4.78 is 19.5. The minimum absolute atomic E-state index is 0.0926. The van der Waals surface area contributed by atoms with Crippen molar-refractivity contribution in [3.63, 3.8) is 0 Å². The molecule has 1 saturated heterocycles. The number of aromatic amines is 1. The van der Waals surface area contributed by atoms with Crippen molar-refractivity contribution in [1.29, 1.82) is 0 Å². The summed E-state index contributed by atoms with van der Waals surface area (Å²) in [6.07, 6.45) is 11.7. The molecule has 6 heteroatoms. The number of ether oxygens (including phenoxy) is 1. The molecule has 1 fully saturated rings. The highest BCUT2D eigenvalue weighted by Gasteiger charge is 2.34. The van der Waals surface area contributed by atoms with Crippen LogP contribution in [0.1, 0.15) is 24.0 Å². The fourth-order valence-corrected chi connectivity index (χ4v) is 4.04. The minimum atomic E-state index is -0.209. The minimum Gasteiger partial charge on any atom is -0.376 e. The summed E-state index contributed by atoms with van der Waals surface area (Å²) in [5.74, 6) is -0.209. The van der Waals surface area contributed by atoms with Crippen LogP contribution in [-0.2, 0) is 16.8 Å². The van der Waals surface area contributed by atoms with Crippen molar-refractivity contribution in [2.45, 2.75) is 24.9 Å². The van der Waals surface area contributed by atoms with E-state index in [1.54, 1.807) is 6.20 Å². The Morgan fingerprint density at radius 2 is 1.86 bits per heavy atom. The zero-order valence-electron chi connectivity index (χ0n) is 15.6. The zero-order chi connectivity index (χ0) is 20.0. The van der Waals surface area contributed by atoms with Crippen molar-refractivity contribution >= 4 is 22.5 Å². The number of fused-ring (bicyclic) bond motifs is 1. The molecule has 0 radical (unpaired) electrons. The van der Waals surface area contributed by atoms with Crippen LogP contribution < -0.4 is 5.32 Å². The Bertz CT molecular complexity index is 930. The largest absolute Gasteiger partial charge is 0.376 e. The highest BCUT2D eigenvalue weighted by Crippen LogP contribution is 2.34. The average Bonchev–Trinajstić information content (AvgIpc) is 3.19. The van der Waals surface area contributed by atoms with Crippen LogP contribution in [0.15, 0.2) is 42.6 Å². The first-order chi connectivity index (χ1) is 13.7. The number of hydrogen-bond donors (Lipinski definition) is 2. The number of terminal acetylenes is 1. The highest BCUT2D eigenvalue weighted by molar-refractivity contribution is 6.31. The lowest BCUT2D eigenvalue weighted by molar-refractivity contribution is 0.0570. The Balaban J connectivity index is 0.00000109. The fraction of sp³-hybridized carbons (Fsp3) is 0.318. The molecule has 0 aliphatic carbocycles. The van der Waals surface area contributed by atoms with E-state index in [4.69, 9.17) is 16.3 Å². The van der Waals surface area contributed by atoms with Gasteiger partial charge in [0, 0.05) is 21.4 Å². The van der Waals surface area contributed by atoms with Gasteiger partial charge >= 0.3 is 0 Å². The zero-order valence-corrected chi connectivity index (χ0v) is 16.3. The molecule has 1 aromatic heterocycles. The van der Waals surface area contributed by atoms with Crippen molar-refractivity contribution in [2.75, 3.05) is 19.7 Å². The molecule has 0 saturated carbocycles. The normalized spacial score (nSPS) is 15.7. The van der Waals surface area contributed by atoms with E-state index in [2.05, 4.69) is 28.4 Å². The van der Waals surface area contributed by atoms with Crippen molar-refractivity contribution in [2.24, 2.45) is 0 Å². The predicted octanol–water partition coefficient (Wildman–Crippen LogP) is 4.44. The molecule has 2 N–H and O–H groups in total. The molecule has 3 aromatic rings. The van der Waals surface area contributed by atoms with Gasteiger partial charge in [-0.15, -0.1) is 12.8 Å². The molecule has 146 valence electrons. The molecule has 28 heavy (non-hydrogen) atoms. The molecule has 2 aromatic carbocycles. The van der Waals surface area contributed by atoms with E-state index < -0.39 is 0 Å². The van der Waals surface area contributed by atoms with E-state index >= 15 is 0 Å². The SMILES string of the molecule is C#C.Fc1ccc(C2(COCc3cc(Cl)cc4cn[nH]c34)CCNCC2)cc1. The number of benzene rings is 2. The van der Waals surface area contributed by atoms with Gasteiger partial charge in [0.05, 0.1) is 24.9 Å². The van der Waals surface area contributed by atoms with Crippen LogP contribution in [0.25, 0.3) is 10.9 Å². The maximum absolute atomic E-state index is 13.3. The lowest BCUT2D eigenvalue weighted by atomic mass is 9.74. The molecule has 1 aliphatic rings.